The van der Waals surface area contributed by atoms with Crippen molar-refractivity contribution in [1.82, 2.24) is 0 Å². The van der Waals surface area contributed by atoms with Crippen LogP contribution < -0.4 is 0 Å². The molecule has 13 heavy (non-hydrogen) atoms. The molecule has 0 aliphatic heterocycles. The van der Waals surface area contributed by atoms with Crippen molar-refractivity contribution in [1.29, 1.82) is 5.26 Å². The largest absolute Gasteiger partial charge is 0.192 e. The molecule has 2 rings (SSSR count). The third kappa shape index (κ3) is 1.31. The minimum atomic E-state index is 0.706. The fraction of sp³-hybridized carbons (Fsp3) is 0.100. The van der Waals surface area contributed by atoms with Gasteiger partial charge in [-0.05, 0) is 30.0 Å². The quantitative estimate of drug-likeness (QED) is 0.646. The van der Waals surface area contributed by atoms with Crippen molar-refractivity contribution in [3.05, 3.63) is 33.7 Å². The van der Waals surface area contributed by atoms with E-state index in [1.807, 2.05) is 25.1 Å². The second-order valence-corrected chi connectivity index (χ2v) is 4.52. The molecule has 0 amide bonds. The zero-order chi connectivity index (χ0) is 9.42. The van der Waals surface area contributed by atoms with Gasteiger partial charge in [-0.15, -0.1) is 11.3 Å². The van der Waals surface area contributed by atoms with E-state index in [1.165, 1.54) is 11.3 Å². The van der Waals surface area contributed by atoms with E-state index in [1.54, 1.807) is 0 Å². The molecule has 0 aliphatic rings. The molecule has 0 saturated heterocycles. The number of halogens is 1. The average molecular weight is 208 g/mol. The lowest BCUT2D eigenvalue weighted by Crippen LogP contribution is -1.77. The van der Waals surface area contributed by atoms with Gasteiger partial charge in [-0.25, -0.2) is 0 Å². The molecule has 0 bridgehead atoms. The van der Waals surface area contributed by atoms with E-state index in [2.05, 4.69) is 6.07 Å². The Morgan fingerprint density at radius 2 is 2.23 bits per heavy atom. The van der Waals surface area contributed by atoms with Crippen LogP contribution in [0, 0.1) is 18.3 Å². The van der Waals surface area contributed by atoms with E-state index >= 15 is 0 Å². The molecule has 0 saturated carbocycles. The van der Waals surface area contributed by atoms with Crippen LogP contribution in [0.25, 0.3) is 10.1 Å². The minimum absolute atomic E-state index is 0.706. The summed E-state index contributed by atoms with van der Waals surface area (Å²) in [6, 6.07) is 7.86. The fourth-order valence-corrected chi connectivity index (χ4v) is 2.58. The standard InChI is InChI=1S/C10H6ClNS/c1-6-2-3-7(5-12)10-8(6)4-9(11)13-10/h2-4H,1H3. The van der Waals surface area contributed by atoms with E-state index in [-0.39, 0.29) is 0 Å². The van der Waals surface area contributed by atoms with E-state index in [0.29, 0.717) is 5.56 Å². The van der Waals surface area contributed by atoms with Gasteiger partial charge < -0.3 is 0 Å². The topological polar surface area (TPSA) is 23.8 Å². The SMILES string of the molecule is Cc1ccc(C#N)c2sc(Cl)cc12. The Kier molecular flexibility index (Phi) is 1.99. The molecule has 1 heterocycles. The Hall–Kier alpha value is -1.04. The van der Waals surface area contributed by atoms with Crippen LogP contribution in [0.5, 0.6) is 0 Å². The van der Waals surface area contributed by atoms with Gasteiger partial charge in [0.15, 0.2) is 0 Å². The summed E-state index contributed by atoms with van der Waals surface area (Å²) >= 11 is 7.35. The van der Waals surface area contributed by atoms with Crippen LogP contribution in [-0.2, 0) is 0 Å². The molecule has 0 spiro atoms. The maximum Gasteiger partial charge on any atom is 0.101 e. The second-order valence-electron chi connectivity index (χ2n) is 2.84. The van der Waals surface area contributed by atoms with E-state index < -0.39 is 0 Å². The first-order valence-electron chi connectivity index (χ1n) is 3.81. The number of fused-ring (bicyclic) bond motifs is 1. The number of rotatable bonds is 0. The van der Waals surface area contributed by atoms with Crippen LogP contribution in [0.2, 0.25) is 4.34 Å². The van der Waals surface area contributed by atoms with Gasteiger partial charge in [-0.2, -0.15) is 5.26 Å². The van der Waals surface area contributed by atoms with Gasteiger partial charge in [0, 0.05) is 0 Å². The molecular weight excluding hydrogens is 202 g/mol. The van der Waals surface area contributed by atoms with Crippen LogP contribution in [0.1, 0.15) is 11.1 Å². The fourth-order valence-electron chi connectivity index (χ4n) is 1.32. The summed E-state index contributed by atoms with van der Waals surface area (Å²) in [5.41, 5.74) is 1.87. The summed E-state index contributed by atoms with van der Waals surface area (Å²) in [5, 5.41) is 9.94. The molecule has 0 fully saturated rings. The number of benzene rings is 1. The van der Waals surface area contributed by atoms with Gasteiger partial charge in [0.2, 0.25) is 0 Å². The molecule has 0 radical (unpaired) electrons. The van der Waals surface area contributed by atoms with E-state index in [9.17, 15) is 0 Å². The van der Waals surface area contributed by atoms with Gasteiger partial charge in [0.25, 0.3) is 0 Å². The van der Waals surface area contributed by atoms with Crippen molar-refractivity contribution < 1.29 is 0 Å². The molecule has 2 aromatic rings. The van der Waals surface area contributed by atoms with Crippen molar-refractivity contribution in [3.8, 4) is 6.07 Å². The molecule has 64 valence electrons. The average Bonchev–Trinajstić information content (AvgIpc) is 2.48. The van der Waals surface area contributed by atoms with Crippen LogP contribution in [0.3, 0.4) is 0 Å². The van der Waals surface area contributed by atoms with Crippen LogP contribution in [0.4, 0.5) is 0 Å². The summed E-state index contributed by atoms with van der Waals surface area (Å²) < 4.78 is 1.73. The normalized spacial score (nSPS) is 10.2. The molecule has 0 N–H and O–H groups in total. The monoisotopic (exact) mass is 207 g/mol. The molecule has 1 nitrogen and oxygen atoms in total. The van der Waals surface area contributed by atoms with E-state index in [4.69, 9.17) is 16.9 Å². The first kappa shape index (κ1) is 8.55. The highest BCUT2D eigenvalue weighted by atomic mass is 35.5. The zero-order valence-electron chi connectivity index (χ0n) is 6.97. The lowest BCUT2D eigenvalue weighted by atomic mass is 10.1. The van der Waals surface area contributed by atoms with Crippen LogP contribution in [0.15, 0.2) is 18.2 Å². The van der Waals surface area contributed by atoms with Gasteiger partial charge in [-0.3, -0.25) is 0 Å². The van der Waals surface area contributed by atoms with Crippen LogP contribution in [-0.4, -0.2) is 0 Å². The van der Waals surface area contributed by atoms with Crippen molar-refractivity contribution >= 4 is 33.0 Å². The minimum Gasteiger partial charge on any atom is -0.192 e. The molecule has 1 aromatic heterocycles. The summed E-state index contributed by atoms with van der Waals surface area (Å²) in [5.74, 6) is 0. The first-order valence-corrected chi connectivity index (χ1v) is 5.00. The number of aryl methyl sites for hydroxylation is 1. The number of nitrogens with zero attached hydrogens (tertiary/aromatic N) is 1. The second kappa shape index (κ2) is 3.02. The van der Waals surface area contributed by atoms with Crippen molar-refractivity contribution in [2.24, 2.45) is 0 Å². The number of thiophene rings is 1. The lowest BCUT2D eigenvalue weighted by Gasteiger charge is -1.95. The smallest absolute Gasteiger partial charge is 0.101 e. The van der Waals surface area contributed by atoms with Gasteiger partial charge in [0.05, 0.1) is 14.6 Å². The molecule has 1 aromatic carbocycles. The molecule has 0 atom stereocenters. The third-order valence-electron chi connectivity index (χ3n) is 1.99. The van der Waals surface area contributed by atoms with Gasteiger partial charge in [-0.1, -0.05) is 17.7 Å². The maximum absolute atomic E-state index is 8.85. The molecular formula is C10H6ClNS. The molecule has 0 unspecified atom stereocenters. The van der Waals surface area contributed by atoms with E-state index in [0.717, 1.165) is 20.0 Å². The number of hydrogen-bond donors (Lipinski definition) is 0. The Labute approximate surface area is 85.2 Å². The molecule has 0 aliphatic carbocycles. The van der Waals surface area contributed by atoms with Gasteiger partial charge in [0.1, 0.15) is 6.07 Å². The Morgan fingerprint density at radius 1 is 1.46 bits per heavy atom. The van der Waals surface area contributed by atoms with Crippen LogP contribution >= 0.6 is 22.9 Å². The van der Waals surface area contributed by atoms with Crippen molar-refractivity contribution in [2.75, 3.05) is 0 Å². The maximum atomic E-state index is 8.85. The highest BCUT2D eigenvalue weighted by Crippen LogP contribution is 2.33. The predicted octanol–water partition coefficient (Wildman–Crippen LogP) is 3.73. The zero-order valence-corrected chi connectivity index (χ0v) is 8.54. The van der Waals surface area contributed by atoms with Crippen molar-refractivity contribution in [2.45, 2.75) is 6.92 Å². The predicted molar refractivity (Wildman–Crippen MR) is 56.3 cm³/mol. The third-order valence-corrected chi connectivity index (χ3v) is 3.29. The first-order chi connectivity index (χ1) is 6.22. The Bertz CT molecular complexity index is 507. The number of nitriles is 1. The lowest BCUT2D eigenvalue weighted by molar-refractivity contribution is 1.49. The van der Waals surface area contributed by atoms with Crippen molar-refractivity contribution in [3.63, 3.8) is 0 Å². The Balaban J connectivity index is 2.94. The summed E-state index contributed by atoms with van der Waals surface area (Å²) in [4.78, 5) is 0. The number of hydrogen-bond acceptors (Lipinski definition) is 2. The van der Waals surface area contributed by atoms with Gasteiger partial charge >= 0.3 is 0 Å². The summed E-state index contributed by atoms with van der Waals surface area (Å²) in [6.45, 7) is 2.02. The highest BCUT2D eigenvalue weighted by Gasteiger charge is 2.06. The Morgan fingerprint density at radius 3 is 2.92 bits per heavy atom. The molecule has 3 heteroatoms. The highest BCUT2D eigenvalue weighted by molar-refractivity contribution is 7.22. The summed E-state index contributed by atoms with van der Waals surface area (Å²) in [6.07, 6.45) is 0. The summed E-state index contributed by atoms with van der Waals surface area (Å²) in [7, 11) is 0.